The zero-order valence-corrected chi connectivity index (χ0v) is 8.66. The number of carbonyl (C=O) groups is 1. The van der Waals surface area contributed by atoms with E-state index >= 15 is 0 Å². The molecule has 4 nitrogen and oxygen atoms in total. The van der Waals surface area contributed by atoms with Crippen molar-refractivity contribution in [2.45, 2.75) is 39.3 Å². The number of nitrogens with zero attached hydrogens (tertiary/aromatic N) is 1. The van der Waals surface area contributed by atoms with Gasteiger partial charge in [0.1, 0.15) is 6.04 Å². The van der Waals surface area contributed by atoms with Crippen LogP contribution < -0.4 is 5.73 Å². The number of rotatable bonds is 6. The van der Waals surface area contributed by atoms with Crippen LogP contribution in [-0.4, -0.2) is 41.1 Å². The predicted octanol–water partition coefficient (Wildman–Crippen LogP) is 0.519. The first-order chi connectivity index (χ1) is 6.02. The quantitative estimate of drug-likeness (QED) is 0.637. The maximum absolute atomic E-state index is 10.5. The molecule has 0 rings (SSSR count). The number of aliphatic carboxylic acids is 1. The average Bonchev–Trinajstić information content (AvgIpc) is 2.12. The molecule has 0 heterocycles. The highest BCUT2D eigenvalue weighted by molar-refractivity contribution is 5.73. The first kappa shape index (κ1) is 12.4. The van der Waals surface area contributed by atoms with Crippen molar-refractivity contribution >= 4 is 5.97 Å². The molecular formula is C9H20N2O2. The molecule has 4 heteroatoms. The second kappa shape index (κ2) is 5.94. The van der Waals surface area contributed by atoms with Crippen LogP contribution in [0.1, 0.15) is 27.2 Å². The smallest absolute Gasteiger partial charge is 0.321 e. The van der Waals surface area contributed by atoms with E-state index < -0.39 is 12.0 Å². The summed E-state index contributed by atoms with van der Waals surface area (Å²) in [6, 6.07) is -0.371. The Hall–Kier alpha value is -0.610. The summed E-state index contributed by atoms with van der Waals surface area (Å²) in [4.78, 5) is 12.6. The van der Waals surface area contributed by atoms with Crippen LogP contribution in [0, 0.1) is 0 Å². The van der Waals surface area contributed by atoms with E-state index in [4.69, 9.17) is 10.8 Å². The van der Waals surface area contributed by atoms with Gasteiger partial charge < -0.3 is 10.8 Å². The lowest BCUT2D eigenvalue weighted by molar-refractivity contribution is -0.139. The van der Waals surface area contributed by atoms with E-state index in [1.807, 2.05) is 6.92 Å². The fraction of sp³-hybridized carbons (Fsp3) is 0.889. The second-order valence-corrected chi connectivity index (χ2v) is 3.29. The first-order valence-corrected chi connectivity index (χ1v) is 4.75. The molecule has 0 saturated heterocycles. The molecule has 0 radical (unpaired) electrons. The van der Waals surface area contributed by atoms with Crippen molar-refractivity contribution in [3.8, 4) is 0 Å². The monoisotopic (exact) mass is 188 g/mol. The summed E-state index contributed by atoms with van der Waals surface area (Å²) < 4.78 is 0. The van der Waals surface area contributed by atoms with Gasteiger partial charge >= 0.3 is 5.97 Å². The van der Waals surface area contributed by atoms with Crippen LogP contribution in [0.4, 0.5) is 0 Å². The lowest BCUT2D eigenvalue weighted by Crippen LogP contribution is -2.45. The van der Waals surface area contributed by atoms with Crippen molar-refractivity contribution in [2.24, 2.45) is 5.73 Å². The van der Waals surface area contributed by atoms with Gasteiger partial charge in [-0.2, -0.15) is 0 Å². The van der Waals surface area contributed by atoms with Crippen LogP contribution in [0.15, 0.2) is 0 Å². The van der Waals surface area contributed by atoms with Gasteiger partial charge in [0, 0.05) is 12.6 Å². The van der Waals surface area contributed by atoms with Gasteiger partial charge in [-0.3, -0.25) is 9.69 Å². The molecule has 2 unspecified atom stereocenters. The van der Waals surface area contributed by atoms with Crippen LogP contribution in [0.5, 0.6) is 0 Å². The van der Waals surface area contributed by atoms with E-state index in [0.29, 0.717) is 12.6 Å². The van der Waals surface area contributed by atoms with Gasteiger partial charge in [-0.05, 0) is 19.9 Å². The van der Waals surface area contributed by atoms with E-state index in [9.17, 15) is 4.79 Å². The normalized spacial score (nSPS) is 15.8. The Morgan fingerprint density at radius 1 is 1.54 bits per heavy atom. The molecule has 0 aliphatic rings. The van der Waals surface area contributed by atoms with Gasteiger partial charge in [0.05, 0.1) is 0 Å². The summed E-state index contributed by atoms with van der Waals surface area (Å²) in [6.07, 6.45) is 1.01. The molecule has 0 amide bonds. The summed E-state index contributed by atoms with van der Waals surface area (Å²) >= 11 is 0. The van der Waals surface area contributed by atoms with E-state index in [-0.39, 0.29) is 0 Å². The van der Waals surface area contributed by atoms with Crippen molar-refractivity contribution in [3.63, 3.8) is 0 Å². The molecule has 13 heavy (non-hydrogen) atoms. The van der Waals surface area contributed by atoms with E-state index in [2.05, 4.69) is 18.7 Å². The minimum Gasteiger partial charge on any atom is -0.480 e. The molecule has 3 N–H and O–H groups in total. The lowest BCUT2D eigenvalue weighted by Gasteiger charge is -2.28. The van der Waals surface area contributed by atoms with Gasteiger partial charge in [0.2, 0.25) is 0 Å². The SMILES string of the molecule is CCC(C)N(CC)CC(N)C(=O)O. The molecule has 78 valence electrons. The van der Waals surface area contributed by atoms with Crippen molar-refractivity contribution in [1.29, 1.82) is 0 Å². The molecule has 0 aromatic carbocycles. The molecule has 0 aliphatic heterocycles. The second-order valence-electron chi connectivity index (χ2n) is 3.29. The Balaban J connectivity index is 4.04. The largest absolute Gasteiger partial charge is 0.480 e. The predicted molar refractivity (Wildman–Crippen MR) is 52.6 cm³/mol. The number of hydrogen-bond acceptors (Lipinski definition) is 3. The van der Waals surface area contributed by atoms with Gasteiger partial charge in [0.25, 0.3) is 0 Å². The Bertz CT molecular complexity index is 162. The van der Waals surface area contributed by atoms with Crippen molar-refractivity contribution in [1.82, 2.24) is 4.90 Å². The topological polar surface area (TPSA) is 66.6 Å². The number of carboxylic acid groups (broad SMARTS) is 1. The van der Waals surface area contributed by atoms with Crippen LogP contribution in [0.3, 0.4) is 0 Å². The average molecular weight is 188 g/mol. The fourth-order valence-electron chi connectivity index (χ4n) is 1.21. The Kier molecular flexibility index (Phi) is 5.66. The summed E-state index contributed by atoms with van der Waals surface area (Å²) in [5, 5.41) is 8.63. The summed E-state index contributed by atoms with van der Waals surface area (Å²) in [5.41, 5.74) is 5.44. The summed E-state index contributed by atoms with van der Waals surface area (Å²) in [5.74, 6) is -0.929. The molecule has 2 atom stereocenters. The van der Waals surface area contributed by atoms with Gasteiger partial charge in [-0.15, -0.1) is 0 Å². The summed E-state index contributed by atoms with van der Waals surface area (Å²) in [6.45, 7) is 7.45. The van der Waals surface area contributed by atoms with E-state index in [1.165, 1.54) is 0 Å². The van der Waals surface area contributed by atoms with Gasteiger partial charge in [-0.25, -0.2) is 0 Å². The third kappa shape index (κ3) is 4.24. The van der Waals surface area contributed by atoms with Gasteiger partial charge in [0.15, 0.2) is 0 Å². The zero-order chi connectivity index (χ0) is 10.4. The van der Waals surface area contributed by atoms with Crippen LogP contribution in [0.2, 0.25) is 0 Å². The fourth-order valence-corrected chi connectivity index (χ4v) is 1.21. The molecule has 0 aromatic rings. The molecule has 0 aliphatic carbocycles. The third-order valence-electron chi connectivity index (χ3n) is 2.37. The minimum atomic E-state index is -0.929. The highest BCUT2D eigenvalue weighted by Crippen LogP contribution is 2.03. The van der Waals surface area contributed by atoms with Gasteiger partial charge in [-0.1, -0.05) is 13.8 Å². The molecule has 0 spiro atoms. The number of likely N-dealkylation sites (N-methyl/N-ethyl adjacent to an activating group) is 1. The maximum atomic E-state index is 10.5. The van der Waals surface area contributed by atoms with Crippen LogP contribution in [-0.2, 0) is 4.79 Å². The van der Waals surface area contributed by atoms with Crippen molar-refractivity contribution < 1.29 is 9.90 Å². The molecule has 0 aromatic heterocycles. The van der Waals surface area contributed by atoms with Crippen LogP contribution >= 0.6 is 0 Å². The summed E-state index contributed by atoms with van der Waals surface area (Å²) in [7, 11) is 0. The first-order valence-electron chi connectivity index (χ1n) is 4.75. The standard InChI is InChI=1S/C9H20N2O2/c1-4-7(3)11(5-2)6-8(10)9(12)13/h7-8H,4-6,10H2,1-3H3,(H,12,13). The number of nitrogens with two attached hydrogens (primary N) is 1. The van der Waals surface area contributed by atoms with E-state index in [1.54, 1.807) is 0 Å². The Morgan fingerprint density at radius 3 is 2.38 bits per heavy atom. The molecule has 0 saturated carbocycles. The van der Waals surface area contributed by atoms with Crippen molar-refractivity contribution in [3.05, 3.63) is 0 Å². The minimum absolute atomic E-state index is 0.399. The molecule has 0 bridgehead atoms. The zero-order valence-electron chi connectivity index (χ0n) is 8.66. The lowest BCUT2D eigenvalue weighted by atomic mass is 10.2. The number of carboxylic acids is 1. The third-order valence-corrected chi connectivity index (χ3v) is 2.37. The maximum Gasteiger partial charge on any atom is 0.321 e. The Morgan fingerprint density at radius 2 is 2.08 bits per heavy atom. The van der Waals surface area contributed by atoms with E-state index in [0.717, 1.165) is 13.0 Å². The highest BCUT2D eigenvalue weighted by Gasteiger charge is 2.18. The highest BCUT2D eigenvalue weighted by atomic mass is 16.4. The van der Waals surface area contributed by atoms with Crippen LogP contribution in [0.25, 0.3) is 0 Å². The number of hydrogen-bond donors (Lipinski definition) is 2. The molecule has 0 fully saturated rings. The van der Waals surface area contributed by atoms with Crippen molar-refractivity contribution in [2.75, 3.05) is 13.1 Å². The molecular weight excluding hydrogens is 168 g/mol. The Labute approximate surface area is 79.7 Å².